The molecule has 0 fully saturated rings. The molecule has 2 aromatic rings. The third-order valence-corrected chi connectivity index (χ3v) is 2.40. The zero-order valence-electron chi connectivity index (χ0n) is 12.1. The van der Waals surface area contributed by atoms with Crippen LogP contribution in [0.3, 0.4) is 0 Å². The summed E-state index contributed by atoms with van der Waals surface area (Å²) in [6, 6.07) is 12.1. The minimum Gasteiger partial charge on any atom is -0.493 e. The van der Waals surface area contributed by atoms with Gasteiger partial charge in [0.25, 0.3) is 0 Å². The van der Waals surface area contributed by atoms with Crippen LogP contribution in [-0.2, 0) is 6.42 Å². The van der Waals surface area contributed by atoms with E-state index < -0.39 is 0 Å². The molecule has 2 heteroatoms. The van der Waals surface area contributed by atoms with Crippen molar-refractivity contribution in [3.8, 4) is 5.75 Å². The normalized spacial score (nSPS) is 9.42. The quantitative estimate of drug-likeness (QED) is 0.808. The van der Waals surface area contributed by atoms with E-state index in [0.29, 0.717) is 6.61 Å². The van der Waals surface area contributed by atoms with Gasteiger partial charge in [-0.15, -0.1) is 0 Å². The van der Waals surface area contributed by atoms with E-state index in [-0.39, 0.29) is 0 Å². The summed E-state index contributed by atoms with van der Waals surface area (Å²) < 4.78 is 5.67. The summed E-state index contributed by atoms with van der Waals surface area (Å²) in [6.45, 7) is 7.02. The average Bonchev–Trinajstić information content (AvgIpc) is 2.41. The van der Waals surface area contributed by atoms with E-state index in [4.69, 9.17) is 4.74 Å². The first-order valence-electron chi connectivity index (χ1n) is 6.84. The van der Waals surface area contributed by atoms with Gasteiger partial charge in [-0.2, -0.15) is 0 Å². The first-order valence-corrected chi connectivity index (χ1v) is 6.84. The Morgan fingerprint density at radius 1 is 1.05 bits per heavy atom. The maximum Gasteiger partial charge on any atom is 0.119 e. The van der Waals surface area contributed by atoms with Crippen LogP contribution in [0.15, 0.2) is 48.8 Å². The van der Waals surface area contributed by atoms with Crippen LogP contribution < -0.4 is 4.74 Å². The first kappa shape index (κ1) is 15.2. The Kier molecular flexibility index (Phi) is 7.33. The summed E-state index contributed by atoms with van der Waals surface area (Å²) in [5, 5.41) is 0. The Morgan fingerprint density at radius 3 is 2.37 bits per heavy atom. The van der Waals surface area contributed by atoms with Crippen LogP contribution in [0.4, 0.5) is 0 Å². The van der Waals surface area contributed by atoms with Crippen molar-refractivity contribution in [1.29, 1.82) is 0 Å². The molecule has 1 aromatic carbocycles. The average molecular weight is 257 g/mol. The molecule has 0 saturated carbocycles. The molecular weight excluding hydrogens is 234 g/mol. The summed E-state index contributed by atoms with van der Waals surface area (Å²) in [7, 11) is 0. The summed E-state index contributed by atoms with van der Waals surface area (Å²) in [5.41, 5.74) is 2.48. The van der Waals surface area contributed by atoms with Gasteiger partial charge in [0.05, 0.1) is 6.61 Å². The van der Waals surface area contributed by atoms with E-state index >= 15 is 0 Å². The molecule has 0 aliphatic rings. The highest BCUT2D eigenvalue weighted by molar-refractivity contribution is 5.27. The number of rotatable bonds is 4. The van der Waals surface area contributed by atoms with Gasteiger partial charge in [-0.25, -0.2) is 0 Å². The van der Waals surface area contributed by atoms with Crippen molar-refractivity contribution < 1.29 is 4.74 Å². The van der Waals surface area contributed by atoms with Crippen molar-refractivity contribution in [2.45, 2.75) is 33.6 Å². The van der Waals surface area contributed by atoms with Gasteiger partial charge < -0.3 is 4.74 Å². The zero-order valence-corrected chi connectivity index (χ0v) is 12.1. The SMILES string of the molecule is CCC.Cc1cccc(OCCc2ccncc2)c1. The number of nitrogens with zero attached hydrogens (tertiary/aromatic N) is 1. The van der Waals surface area contributed by atoms with Crippen molar-refractivity contribution in [3.05, 3.63) is 59.9 Å². The number of ether oxygens (including phenoxy) is 1. The molecule has 0 aliphatic carbocycles. The molecule has 102 valence electrons. The molecule has 0 unspecified atom stereocenters. The lowest BCUT2D eigenvalue weighted by Crippen LogP contribution is -2.01. The van der Waals surface area contributed by atoms with E-state index in [2.05, 4.69) is 31.8 Å². The summed E-state index contributed by atoms with van der Waals surface area (Å²) in [6.07, 6.45) is 5.78. The van der Waals surface area contributed by atoms with Gasteiger partial charge in [0.15, 0.2) is 0 Å². The molecule has 0 atom stereocenters. The lowest BCUT2D eigenvalue weighted by molar-refractivity contribution is 0.321. The van der Waals surface area contributed by atoms with E-state index in [9.17, 15) is 0 Å². The Balaban J connectivity index is 0.000000550. The largest absolute Gasteiger partial charge is 0.493 e. The number of hydrogen-bond acceptors (Lipinski definition) is 2. The first-order chi connectivity index (χ1) is 9.26. The van der Waals surface area contributed by atoms with Gasteiger partial charge >= 0.3 is 0 Å². The lowest BCUT2D eigenvalue weighted by atomic mass is 10.2. The van der Waals surface area contributed by atoms with Crippen molar-refractivity contribution in [3.63, 3.8) is 0 Å². The molecule has 1 heterocycles. The van der Waals surface area contributed by atoms with Crippen LogP contribution in [0, 0.1) is 6.92 Å². The summed E-state index contributed by atoms with van der Waals surface area (Å²) >= 11 is 0. The summed E-state index contributed by atoms with van der Waals surface area (Å²) in [4.78, 5) is 3.98. The maximum absolute atomic E-state index is 5.67. The molecule has 0 spiro atoms. The van der Waals surface area contributed by atoms with Gasteiger partial charge in [0, 0.05) is 18.8 Å². The van der Waals surface area contributed by atoms with Crippen molar-refractivity contribution >= 4 is 0 Å². The van der Waals surface area contributed by atoms with E-state index in [1.807, 2.05) is 42.7 Å². The van der Waals surface area contributed by atoms with Crippen LogP contribution >= 0.6 is 0 Å². The Labute approximate surface area is 116 Å². The minimum absolute atomic E-state index is 0.702. The highest BCUT2D eigenvalue weighted by Crippen LogP contribution is 2.12. The number of aryl methyl sites for hydroxylation is 1. The molecular formula is C17H23NO. The van der Waals surface area contributed by atoms with Gasteiger partial charge in [0.2, 0.25) is 0 Å². The van der Waals surface area contributed by atoms with E-state index in [1.165, 1.54) is 17.5 Å². The number of benzene rings is 1. The molecule has 19 heavy (non-hydrogen) atoms. The summed E-state index contributed by atoms with van der Waals surface area (Å²) in [5.74, 6) is 0.939. The second-order valence-electron chi connectivity index (χ2n) is 4.48. The van der Waals surface area contributed by atoms with Gasteiger partial charge in [-0.1, -0.05) is 32.4 Å². The zero-order chi connectivity index (χ0) is 13.9. The van der Waals surface area contributed by atoms with Gasteiger partial charge in [0.1, 0.15) is 5.75 Å². The van der Waals surface area contributed by atoms with Crippen molar-refractivity contribution in [1.82, 2.24) is 4.98 Å². The van der Waals surface area contributed by atoms with Crippen LogP contribution in [-0.4, -0.2) is 11.6 Å². The predicted molar refractivity (Wildman–Crippen MR) is 80.6 cm³/mol. The second kappa shape index (κ2) is 9.15. The number of aromatic nitrogens is 1. The maximum atomic E-state index is 5.67. The minimum atomic E-state index is 0.702. The lowest BCUT2D eigenvalue weighted by Gasteiger charge is -2.06. The van der Waals surface area contributed by atoms with Crippen molar-refractivity contribution in [2.24, 2.45) is 0 Å². The number of hydrogen-bond donors (Lipinski definition) is 0. The van der Waals surface area contributed by atoms with E-state index in [1.54, 1.807) is 0 Å². The third kappa shape index (κ3) is 6.61. The molecule has 0 saturated heterocycles. The van der Waals surface area contributed by atoms with Crippen molar-refractivity contribution in [2.75, 3.05) is 6.61 Å². The molecule has 0 N–H and O–H groups in total. The monoisotopic (exact) mass is 257 g/mol. The van der Waals surface area contributed by atoms with Gasteiger partial charge in [-0.05, 0) is 42.3 Å². The Bertz CT molecular complexity index is 454. The third-order valence-electron chi connectivity index (χ3n) is 2.40. The molecule has 0 radical (unpaired) electrons. The predicted octanol–water partition coefficient (Wildman–Crippen LogP) is 4.43. The van der Waals surface area contributed by atoms with Crippen LogP contribution in [0.25, 0.3) is 0 Å². The number of pyridine rings is 1. The molecule has 2 nitrogen and oxygen atoms in total. The van der Waals surface area contributed by atoms with Crippen LogP contribution in [0.1, 0.15) is 31.4 Å². The topological polar surface area (TPSA) is 22.1 Å². The molecule has 0 aliphatic heterocycles. The fourth-order valence-corrected chi connectivity index (χ4v) is 1.54. The standard InChI is InChI=1S/C14H15NO.C3H8/c1-12-3-2-4-14(11-12)16-10-7-13-5-8-15-9-6-13;1-3-2/h2-6,8-9,11H,7,10H2,1H3;3H2,1-2H3. The fourth-order valence-electron chi connectivity index (χ4n) is 1.54. The van der Waals surface area contributed by atoms with Crippen LogP contribution in [0.2, 0.25) is 0 Å². The Morgan fingerprint density at radius 2 is 1.74 bits per heavy atom. The fraction of sp³-hybridized carbons (Fsp3) is 0.353. The molecule has 2 rings (SSSR count). The van der Waals surface area contributed by atoms with E-state index in [0.717, 1.165) is 12.2 Å². The molecule has 1 aromatic heterocycles. The smallest absolute Gasteiger partial charge is 0.119 e. The van der Waals surface area contributed by atoms with Gasteiger partial charge in [-0.3, -0.25) is 4.98 Å². The molecule has 0 bridgehead atoms. The highest BCUT2D eigenvalue weighted by Gasteiger charge is 1.95. The van der Waals surface area contributed by atoms with Crippen LogP contribution in [0.5, 0.6) is 5.75 Å². The highest BCUT2D eigenvalue weighted by atomic mass is 16.5. The Hall–Kier alpha value is -1.83. The second-order valence-corrected chi connectivity index (χ2v) is 4.48. The molecule has 0 amide bonds.